The molecule has 0 spiro atoms. The predicted molar refractivity (Wildman–Crippen MR) is 135 cm³/mol. The molecule has 0 atom stereocenters. The van der Waals surface area contributed by atoms with Crippen molar-refractivity contribution in [1.82, 2.24) is 15.0 Å². The first-order valence-corrected chi connectivity index (χ1v) is 11.1. The number of hydrogen-bond donors (Lipinski definition) is 3. The highest BCUT2D eigenvalue weighted by Crippen LogP contribution is 2.36. The Balaban J connectivity index is 1.38. The van der Waals surface area contributed by atoms with Gasteiger partial charge in [0, 0.05) is 22.8 Å². The van der Waals surface area contributed by atoms with E-state index in [0.29, 0.717) is 33.7 Å². The summed E-state index contributed by atoms with van der Waals surface area (Å²) < 4.78 is 11.7. The van der Waals surface area contributed by atoms with Gasteiger partial charge < -0.3 is 25.4 Å². The monoisotopic (exact) mass is 472 g/mol. The lowest BCUT2D eigenvalue weighted by atomic mass is 10.2. The maximum Gasteiger partial charge on any atom is 0.323 e. The van der Waals surface area contributed by atoms with Crippen LogP contribution < -0.4 is 25.4 Å². The molecule has 0 saturated carbocycles. The van der Waals surface area contributed by atoms with Crippen molar-refractivity contribution in [3.05, 3.63) is 67.0 Å². The third kappa shape index (κ3) is 4.39. The van der Waals surface area contributed by atoms with E-state index in [1.165, 1.54) is 17.7 Å². The van der Waals surface area contributed by atoms with E-state index >= 15 is 0 Å². The molecular formula is C24H20N6O3S. The van der Waals surface area contributed by atoms with Crippen LogP contribution in [-0.4, -0.2) is 35.2 Å². The molecule has 5 aromatic rings. The Morgan fingerprint density at radius 1 is 0.853 bits per heavy atom. The summed E-state index contributed by atoms with van der Waals surface area (Å²) in [5.41, 5.74) is 2.91. The SMILES string of the molecule is COc1cc2ncnc(Nc3nc4ccc(NC(=O)Nc5ccccc5)cc4s3)c2cc1OC. The van der Waals surface area contributed by atoms with Crippen LogP contribution in [-0.2, 0) is 0 Å². The Morgan fingerprint density at radius 2 is 1.62 bits per heavy atom. The van der Waals surface area contributed by atoms with Crippen LogP contribution in [0.5, 0.6) is 11.5 Å². The number of benzene rings is 3. The molecule has 3 N–H and O–H groups in total. The first kappa shape index (κ1) is 21.4. The number of ether oxygens (including phenoxy) is 2. The molecule has 5 rings (SSSR count). The van der Waals surface area contributed by atoms with Gasteiger partial charge >= 0.3 is 6.03 Å². The fourth-order valence-electron chi connectivity index (χ4n) is 3.45. The van der Waals surface area contributed by atoms with Crippen molar-refractivity contribution >= 4 is 60.8 Å². The van der Waals surface area contributed by atoms with Gasteiger partial charge in [0.2, 0.25) is 0 Å². The quantitative estimate of drug-likeness (QED) is 0.293. The minimum absolute atomic E-state index is 0.315. The second kappa shape index (κ2) is 9.20. The zero-order chi connectivity index (χ0) is 23.5. The number of thiazole rings is 1. The Labute approximate surface area is 198 Å². The van der Waals surface area contributed by atoms with E-state index in [4.69, 9.17) is 9.47 Å². The van der Waals surface area contributed by atoms with Crippen molar-refractivity contribution in [2.24, 2.45) is 0 Å². The van der Waals surface area contributed by atoms with Gasteiger partial charge in [0.05, 0.1) is 30.0 Å². The molecule has 0 radical (unpaired) electrons. The predicted octanol–water partition coefficient (Wildman–Crippen LogP) is 5.64. The maximum absolute atomic E-state index is 12.3. The number of aromatic nitrogens is 3. The average molecular weight is 473 g/mol. The van der Waals surface area contributed by atoms with Crippen molar-refractivity contribution in [2.45, 2.75) is 0 Å². The van der Waals surface area contributed by atoms with Crippen molar-refractivity contribution < 1.29 is 14.3 Å². The van der Waals surface area contributed by atoms with Crippen LogP contribution in [0.3, 0.4) is 0 Å². The van der Waals surface area contributed by atoms with Crippen molar-refractivity contribution in [3.8, 4) is 11.5 Å². The van der Waals surface area contributed by atoms with Gasteiger partial charge in [0.15, 0.2) is 16.6 Å². The number of carbonyl (C=O) groups is 1. The number of hydrogen-bond acceptors (Lipinski definition) is 8. The Morgan fingerprint density at radius 3 is 2.41 bits per heavy atom. The third-order valence-electron chi connectivity index (χ3n) is 5.04. The average Bonchev–Trinajstić information content (AvgIpc) is 3.25. The molecule has 2 heterocycles. The number of fused-ring (bicyclic) bond motifs is 2. The highest BCUT2D eigenvalue weighted by molar-refractivity contribution is 7.22. The second-order valence-electron chi connectivity index (χ2n) is 7.22. The first-order valence-electron chi connectivity index (χ1n) is 10.3. The molecule has 0 aliphatic heterocycles. The van der Waals surface area contributed by atoms with Gasteiger partial charge in [-0.2, -0.15) is 0 Å². The zero-order valence-corrected chi connectivity index (χ0v) is 19.1. The number of methoxy groups -OCH3 is 2. The number of nitrogens with one attached hydrogen (secondary N) is 3. The number of amides is 2. The summed E-state index contributed by atoms with van der Waals surface area (Å²) in [6.45, 7) is 0. The van der Waals surface area contributed by atoms with E-state index in [1.54, 1.807) is 20.3 Å². The number of urea groups is 1. The summed E-state index contributed by atoms with van der Waals surface area (Å²) in [5.74, 6) is 1.78. The summed E-state index contributed by atoms with van der Waals surface area (Å²) in [6, 6.07) is 18.1. The molecule has 2 aromatic heterocycles. The summed E-state index contributed by atoms with van der Waals surface area (Å²) >= 11 is 1.45. The standard InChI is InChI=1S/C24H20N6O3S/c1-32-19-11-16-18(12-20(19)33-2)25-13-26-22(16)30-24-29-17-9-8-15(10-21(17)34-24)28-23(31)27-14-6-4-3-5-7-14/h3-13H,1-2H3,(H2,27,28,31)(H,25,26,29,30). The minimum Gasteiger partial charge on any atom is -0.493 e. The van der Waals surface area contributed by atoms with Gasteiger partial charge in [0.1, 0.15) is 12.1 Å². The molecule has 0 unspecified atom stereocenters. The van der Waals surface area contributed by atoms with Gasteiger partial charge in [-0.25, -0.2) is 19.7 Å². The number of anilines is 4. The minimum atomic E-state index is -0.315. The van der Waals surface area contributed by atoms with Gasteiger partial charge in [-0.05, 0) is 36.4 Å². The first-order chi connectivity index (χ1) is 16.6. The van der Waals surface area contributed by atoms with Crippen LogP contribution in [0.4, 0.5) is 27.1 Å². The van der Waals surface area contributed by atoms with Crippen LogP contribution >= 0.6 is 11.3 Å². The molecule has 0 bridgehead atoms. The fourth-order valence-corrected chi connectivity index (χ4v) is 4.36. The molecule has 9 nitrogen and oxygen atoms in total. The van der Waals surface area contributed by atoms with Crippen LogP contribution in [0.25, 0.3) is 21.1 Å². The summed E-state index contributed by atoms with van der Waals surface area (Å²) in [7, 11) is 3.17. The molecule has 10 heteroatoms. The molecule has 170 valence electrons. The largest absolute Gasteiger partial charge is 0.493 e. The topological polar surface area (TPSA) is 110 Å². The lowest BCUT2D eigenvalue weighted by molar-refractivity contribution is 0.262. The number of para-hydroxylation sites is 1. The molecule has 0 aliphatic rings. The molecule has 3 aromatic carbocycles. The fraction of sp³-hybridized carbons (Fsp3) is 0.0833. The van der Waals surface area contributed by atoms with Crippen LogP contribution in [0.2, 0.25) is 0 Å². The summed E-state index contributed by atoms with van der Waals surface area (Å²) in [5, 5.41) is 10.4. The number of carbonyl (C=O) groups excluding carboxylic acids is 1. The van der Waals surface area contributed by atoms with Gasteiger partial charge in [-0.1, -0.05) is 29.5 Å². The van der Waals surface area contributed by atoms with Gasteiger partial charge in [-0.3, -0.25) is 0 Å². The van der Waals surface area contributed by atoms with Crippen LogP contribution in [0.1, 0.15) is 0 Å². The zero-order valence-electron chi connectivity index (χ0n) is 18.3. The van der Waals surface area contributed by atoms with E-state index < -0.39 is 0 Å². The Bertz CT molecular complexity index is 1490. The molecule has 2 amide bonds. The highest BCUT2D eigenvalue weighted by Gasteiger charge is 2.13. The summed E-state index contributed by atoms with van der Waals surface area (Å²) in [6.07, 6.45) is 1.48. The summed E-state index contributed by atoms with van der Waals surface area (Å²) in [4.78, 5) is 25.7. The lowest BCUT2D eigenvalue weighted by Gasteiger charge is -2.10. The van der Waals surface area contributed by atoms with Crippen LogP contribution in [0, 0.1) is 0 Å². The number of rotatable bonds is 6. The Hall–Kier alpha value is -4.44. The van der Waals surface area contributed by atoms with E-state index in [-0.39, 0.29) is 6.03 Å². The van der Waals surface area contributed by atoms with Crippen molar-refractivity contribution in [3.63, 3.8) is 0 Å². The van der Waals surface area contributed by atoms with Gasteiger partial charge in [0.25, 0.3) is 0 Å². The second-order valence-corrected chi connectivity index (χ2v) is 8.25. The van der Waals surface area contributed by atoms with E-state index in [0.717, 1.165) is 21.3 Å². The van der Waals surface area contributed by atoms with Crippen molar-refractivity contribution in [2.75, 3.05) is 30.2 Å². The molecule has 0 fully saturated rings. The maximum atomic E-state index is 12.3. The van der Waals surface area contributed by atoms with E-state index in [2.05, 4.69) is 30.9 Å². The Kier molecular flexibility index (Phi) is 5.79. The van der Waals surface area contributed by atoms with Crippen LogP contribution in [0.15, 0.2) is 67.0 Å². The van der Waals surface area contributed by atoms with E-state index in [9.17, 15) is 4.79 Å². The van der Waals surface area contributed by atoms with Gasteiger partial charge in [-0.15, -0.1) is 0 Å². The normalized spacial score (nSPS) is 10.8. The number of nitrogens with zero attached hydrogens (tertiary/aromatic N) is 3. The molecule has 0 saturated heterocycles. The molecule has 34 heavy (non-hydrogen) atoms. The molecule has 0 aliphatic carbocycles. The van der Waals surface area contributed by atoms with Crippen molar-refractivity contribution in [1.29, 1.82) is 0 Å². The highest BCUT2D eigenvalue weighted by atomic mass is 32.1. The van der Waals surface area contributed by atoms with E-state index in [1.807, 2.05) is 54.6 Å². The smallest absolute Gasteiger partial charge is 0.323 e. The lowest BCUT2D eigenvalue weighted by Crippen LogP contribution is -2.19. The third-order valence-corrected chi connectivity index (χ3v) is 5.98. The molecular weight excluding hydrogens is 452 g/mol.